The van der Waals surface area contributed by atoms with Crippen LogP contribution in [0.5, 0.6) is 0 Å². The van der Waals surface area contributed by atoms with Crippen LogP contribution in [0.4, 0.5) is 0 Å². The standard InChI is InChI=1S/C25H25.C8H11.C7H6.2ClH.Zr/c1-14-12-24(3,4)22-8-16-7-17-9-23-19(15(2)13-25(23,5)6)11-21(17)20(16)10-18(14)22;1-6-4-7(2)8(3)5-6;1-7-5-3-2-4-6-7;;;/h8-12H,7H2,1-6H3;4,6H,1-3H3;1-6H;2*1H;/q2*-1;;;;+2/p-2. The average Bonchev–Trinajstić information content (AvgIpc) is 3.57. The molecule has 1 atom stereocenters. The molecule has 0 fully saturated rings. The second kappa shape index (κ2) is 13.5. The van der Waals surface area contributed by atoms with Gasteiger partial charge in [-0.05, 0) is 58.4 Å². The number of rotatable bonds is 1. The first-order valence-corrected chi connectivity index (χ1v) is 16.2. The van der Waals surface area contributed by atoms with Crippen molar-refractivity contribution in [3.8, 4) is 11.1 Å². The van der Waals surface area contributed by atoms with Gasteiger partial charge in [0.1, 0.15) is 0 Å². The third-order valence-corrected chi connectivity index (χ3v) is 9.75. The summed E-state index contributed by atoms with van der Waals surface area (Å²) in [4.78, 5) is 0. The fourth-order valence-corrected chi connectivity index (χ4v) is 7.29. The molecule has 7 rings (SSSR count). The SMILES string of the molecule is CC1=[C-]C(C)(C)c2cc3c(cc21)-c1cc2c(cc1C3)C(C)(C)C=C2C.CC1=[C-]C(C)C=C1C.[Cl-].[Cl-].[Zr+2]=[CH]c1ccccc1. The number of allylic oxidation sites excluding steroid dienone is 8. The van der Waals surface area contributed by atoms with Gasteiger partial charge in [0.25, 0.3) is 0 Å². The van der Waals surface area contributed by atoms with Crippen LogP contribution in [0.1, 0.15) is 101 Å². The van der Waals surface area contributed by atoms with Crippen LogP contribution < -0.4 is 24.8 Å². The zero-order valence-corrected chi connectivity index (χ0v) is 30.9. The molecule has 43 heavy (non-hydrogen) atoms. The average molecular weight is 685 g/mol. The summed E-state index contributed by atoms with van der Waals surface area (Å²) >= 11 is 1.46. The van der Waals surface area contributed by atoms with Gasteiger partial charge < -0.3 is 24.8 Å². The predicted octanol–water partition coefficient (Wildman–Crippen LogP) is 4.17. The van der Waals surface area contributed by atoms with Crippen LogP contribution in [0.3, 0.4) is 0 Å². The molecule has 0 radical (unpaired) electrons. The van der Waals surface area contributed by atoms with E-state index in [0.29, 0.717) is 5.92 Å². The van der Waals surface area contributed by atoms with E-state index in [1.165, 1.54) is 96.6 Å². The van der Waals surface area contributed by atoms with Crippen molar-refractivity contribution in [1.82, 2.24) is 0 Å². The summed E-state index contributed by atoms with van der Waals surface area (Å²) in [7, 11) is 0. The van der Waals surface area contributed by atoms with E-state index >= 15 is 0 Å². The number of benzene rings is 3. The molecule has 0 saturated carbocycles. The Hall–Kier alpha value is -2.05. The monoisotopic (exact) mass is 682 g/mol. The minimum atomic E-state index is 0. The molecule has 3 aromatic rings. The first-order valence-electron chi connectivity index (χ1n) is 14.8. The molecule has 0 aromatic heterocycles. The molecule has 0 amide bonds. The maximum atomic E-state index is 3.65. The third-order valence-electron chi connectivity index (χ3n) is 8.93. The Morgan fingerprint density at radius 3 is 1.81 bits per heavy atom. The Kier molecular flexibility index (Phi) is 11.1. The van der Waals surface area contributed by atoms with E-state index in [9.17, 15) is 0 Å². The van der Waals surface area contributed by atoms with Crippen molar-refractivity contribution in [3.05, 3.63) is 129 Å². The molecule has 0 nitrogen and oxygen atoms in total. The summed E-state index contributed by atoms with van der Waals surface area (Å²) in [6.07, 6.45) is 12.7. The van der Waals surface area contributed by atoms with Gasteiger partial charge in [-0.2, -0.15) is 11.6 Å². The van der Waals surface area contributed by atoms with Crippen LogP contribution in [-0.4, -0.2) is 3.71 Å². The number of hydrogen-bond acceptors (Lipinski definition) is 0. The molecule has 1 unspecified atom stereocenters. The van der Waals surface area contributed by atoms with Crippen LogP contribution >= 0.6 is 0 Å². The third kappa shape index (κ3) is 7.11. The maximum absolute atomic E-state index is 3.65. The second-order valence-corrected chi connectivity index (χ2v) is 13.9. The molecular weight excluding hydrogens is 643 g/mol. The van der Waals surface area contributed by atoms with Gasteiger partial charge in [-0.15, -0.1) is 18.6 Å². The van der Waals surface area contributed by atoms with Gasteiger partial charge in [-0.3, -0.25) is 12.2 Å². The summed E-state index contributed by atoms with van der Waals surface area (Å²) < 4.78 is 2.17. The van der Waals surface area contributed by atoms with Crippen molar-refractivity contribution in [3.63, 3.8) is 0 Å². The van der Waals surface area contributed by atoms with Gasteiger partial charge in [-0.25, -0.2) is 16.7 Å². The summed E-state index contributed by atoms with van der Waals surface area (Å²) in [5, 5.41) is 0. The first kappa shape index (κ1) is 35.4. The number of hydrogen-bond donors (Lipinski definition) is 0. The van der Waals surface area contributed by atoms with Gasteiger partial charge in [0.2, 0.25) is 0 Å². The Bertz CT molecular complexity index is 1560. The summed E-state index contributed by atoms with van der Waals surface area (Å²) in [6, 6.07) is 20.2. The number of fused-ring (bicyclic) bond motifs is 5. The normalized spacial score (nSPS) is 18.7. The van der Waals surface area contributed by atoms with Gasteiger partial charge in [0.15, 0.2) is 0 Å². The molecular formula is C40H42Cl2Zr-2. The summed E-state index contributed by atoms with van der Waals surface area (Å²) in [6.45, 7) is 20.1. The van der Waals surface area contributed by atoms with E-state index in [1.807, 2.05) is 6.07 Å². The van der Waals surface area contributed by atoms with Gasteiger partial charge >= 0.3 is 63.8 Å². The van der Waals surface area contributed by atoms with Crippen LogP contribution in [0.15, 0.2) is 77.9 Å². The molecule has 0 N–H and O–H groups in total. The Labute approximate surface area is 287 Å². The van der Waals surface area contributed by atoms with Crippen molar-refractivity contribution in [2.24, 2.45) is 5.92 Å². The van der Waals surface area contributed by atoms with E-state index in [1.54, 1.807) is 0 Å². The molecule has 4 aliphatic rings. The number of halogens is 2. The van der Waals surface area contributed by atoms with Crippen LogP contribution in [0.25, 0.3) is 22.3 Å². The van der Waals surface area contributed by atoms with Crippen molar-refractivity contribution in [2.75, 3.05) is 0 Å². The van der Waals surface area contributed by atoms with Crippen LogP contribution in [-0.2, 0) is 41.5 Å². The van der Waals surface area contributed by atoms with Gasteiger partial charge in [0.05, 0.1) is 0 Å². The van der Waals surface area contributed by atoms with E-state index in [4.69, 9.17) is 0 Å². The van der Waals surface area contributed by atoms with Crippen LogP contribution in [0, 0.1) is 18.1 Å². The Balaban J connectivity index is 0.000000233. The fraction of sp³-hybridized carbons (Fsp3) is 0.325. The molecule has 0 saturated heterocycles. The minimum absolute atomic E-state index is 0. The molecule has 3 heteroatoms. The van der Waals surface area contributed by atoms with E-state index in [0.717, 1.165) is 6.42 Å². The Morgan fingerprint density at radius 2 is 1.33 bits per heavy atom. The summed E-state index contributed by atoms with van der Waals surface area (Å²) in [5.74, 6) is 0.551. The Morgan fingerprint density at radius 1 is 0.744 bits per heavy atom. The fourth-order valence-electron chi connectivity index (χ4n) is 6.82. The molecule has 0 bridgehead atoms. The van der Waals surface area contributed by atoms with Crippen molar-refractivity contribution < 1.29 is 49.0 Å². The van der Waals surface area contributed by atoms with Gasteiger partial charge in [0, 0.05) is 5.41 Å². The van der Waals surface area contributed by atoms with Gasteiger partial charge in [-0.1, -0.05) is 78.0 Å². The molecule has 0 aliphatic heterocycles. The molecule has 0 heterocycles. The molecule has 4 aliphatic carbocycles. The van der Waals surface area contributed by atoms with Crippen LogP contribution in [0.2, 0.25) is 0 Å². The zero-order valence-electron chi connectivity index (χ0n) is 27.0. The topological polar surface area (TPSA) is 0 Å². The quantitative estimate of drug-likeness (QED) is 0.265. The van der Waals surface area contributed by atoms with Crippen molar-refractivity contribution in [1.29, 1.82) is 0 Å². The second-order valence-electron chi connectivity index (χ2n) is 13.2. The molecule has 3 aromatic carbocycles. The zero-order chi connectivity index (χ0) is 29.7. The first-order chi connectivity index (χ1) is 19.3. The van der Waals surface area contributed by atoms with E-state index in [2.05, 4.69) is 139 Å². The van der Waals surface area contributed by atoms with Crippen molar-refractivity contribution in [2.45, 2.75) is 79.6 Å². The van der Waals surface area contributed by atoms with Crippen molar-refractivity contribution >= 4 is 14.9 Å². The predicted molar refractivity (Wildman–Crippen MR) is 174 cm³/mol. The molecule has 0 spiro atoms. The van der Waals surface area contributed by atoms with E-state index < -0.39 is 0 Å². The molecule has 222 valence electrons. The summed E-state index contributed by atoms with van der Waals surface area (Å²) in [5.41, 5.74) is 18.6. The van der Waals surface area contributed by atoms with E-state index in [-0.39, 0.29) is 35.6 Å².